The van der Waals surface area contributed by atoms with Gasteiger partial charge in [-0.25, -0.2) is 0 Å². The minimum atomic E-state index is -4.70. The molecule has 0 bridgehead atoms. The van der Waals surface area contributed by atoms with E-state index in [0.29, 0.717) is 17.4 Å². The second kappa shape index (κ2) is 67.4. The van der Waals surface area contributed by atoms with Crippen LogP contribution in [0.5, 0.6) is 0 Å². The van der Waals surface area contributed by atoms with Gasteiger partial charge < -0.3 is 28.5 Å². The molecule has 0 spiro atoms. The number of esters is 1. The van der Waals surface area contributed by atoms with Gasteiger partial charge in [0.2, 0.25) is 5.91 Å². The number of hydrogen-bond acceptors (Lipinski definition) is 7. The third-order valence-electron chi connectivity index (χ3n) is 17.9. The van der Waals surface area contributed by atoms with Gasteiger partial charge in [-0.1, -0.05) is 360 Å². The number of ether oxygens (including phenoxy) is 1. The van der Waals surface area contributed by atoms with Gasteiger partial charge in [0.1, 0.15) is 19.3 Å². The zero-order valence-corrected chi connectivity index (χ0v) is 60.2. The number of nitrogens with zero attached hydrogens (tertiary/aromatic N) is 1. The Morgan fingerprint density at radius 2 is 0.667 bits per heavy atom. The lowest BCUT2D eigenvalue weighted by atomic mass is 10.0. The van der Waals surface area contributed by atoms with Crippen LogP contribution in [0.3, 0.4) is 0 Å². The third kappa shape index (κ3) is 68.7. The normalized spacial score (nSPS) is 13.5. The summed E-state index contributed by atoms with van der Waals surface area (Å²) in [4.78, 5) is 40.2. The van der Waals surface area contributed by atoms with E-state index < -0.39 is 20.0 Å². The van der Waals surface area contributed by atoms with E-state index in [1.807, 2.05) is 33.3 Å². The number of carbonyl (C=O) groups excluding carboxylic acids is 2. The molecule has 3 unspecified atom stereocenters. The van der Waals surface area contributed by atoms with Crippen molar-refractivity contribution in [3.8, 4) is 0 Å². The SMILES string of the molecule is CCCCCCCC/C=C/CCCCCCCCCCCCCCCCCCCC(=O)NC(COP(=O)([O-])OCC[N+](C)(C)C)C(/C=C/CCCCCCCCCCC)OC(=O)CCCCCCCCCCCCCCCCCCCCCCCCC. The first kappa shape index (κ1) is 85.5. The van der Waals surface area contributed by atoms with Gasteiger partial charge in [0.25, 0.3) is 7.82 Å². The average Bonchev–Trinajstić information content (AvgIpc) is 3.70. The number of hydrogen-bond donors (Lipinski definition) is 1. The molecule has 0 aliphatic heterocycles. The van der Waals surface area contributed by atoms with Crippen molar-refractivity contribution in [1.82, 2.24) is 5.32 Å². The van der Waals surface area contributed by atoms with Crippen LogP contribution in [0.15, 0.2) is 24.3 Å². The fraction of sp³-hybridized carbons (Fsp3) is 0.922. The number of phosphoric acid groups is 1. The molecule has 1 N–H and O–H groups in total. The highest BCUT2D eigenvalue weighted by atomic mass is 31.2. The predicted octanol–water partition coefficient (Wildman–Crippen LogP) is 24.2. The quantitative estimate of drug-likeness (QED) is 0.0212. The molecule has 0 saturated heterocycles. The van der Waals surface area contributed by atoms with Gasteiger partial charge in [-0.05, 0) is 57.4 Å². The molecule has 1 amide bonds. The van der Waals surface area contributed by atoms with E-state index in [-0.39, 0.29) is 31.5 Å². The highest BCUT2D eigenvalue weighted by molar-refractivity contribution is 7.45. The molecule has 0 radical (unpaired) electrons. The van der Waals surface area contributed by atoms with E-state index in [2.05, 4.69) is 38.2 Å². The summed E-state index contributed by atoms with van der Waals surface area (Å²) in [5, 5.41) is 3.06. The van der Waals surface area contributed by atoms with Crippen LogP contribution in [0.1, 0.15) is 406 Å². The summed E-state index contributed by atoms with van der Waals surface area (Å²) in [6.45, 7) is 6.92. The Hall–Kier alpha value is -1.51. The molecule has 516 valence electrons. The lowest BCUT2D eigenvalue weighted by Gasteiger charge is -2.30. The van der Waals surface area contributed by atoms with Crippen LogP contribution in [-0.2, 0) is 27.9 Å². The van der Waals surface area contributed by atoms with Crippen molar-refractivity contribution in [2.45, 2.75) is 418 Å². The lowest BCUT2D eigenvalue weighted by molar-refractivity contribution is -0.870. The monoisotopic (exact) mass is 1250 g/mol. The molecule has 3 atom stereocenters. The van der Waals surface area contributed by atoms with E-state index in [9.17, 15) is 19.0 Å². The van der Waals surface area contributed by atoms with E-state index >= 15 is 0 Å². The molecule has 0 aliphatic rings. The summed E-state index contributed by atoms with van der Waals surface area (Å²) in [6.07, 6.45) is 83.3. The zero-order valence-electron chi connectivity index (χ0n) is 59.3. The molecule has 0 aliphatic carbocycles. The summed E-state index contributed by atoms with van der Waals surface area (Å²) >= 11 is 0. The molecule has 0 rings (SSSR count). The smallest absolute Gasteiger partial charge is 0.306 e. The first-order valence-corrected chi connectivity index (χ1v) is 40.1. The minimum Gasteiger partial charge on any atom is -0.756 e. The molecular weight excluding hydrogens is 1100 g/mol. The topological polar surface area (TPSA) is 114 Å². The van der Waals surface area contributed by atoms with Crippen LogP contribution >= 0.6 is 7.82 Å². The van der Waals surface area contributed by atoms with Crippen LogP contribution in [0.2, 0.25) is 0 Å². The molecule has 87 heavy (non-hydrogen) atoms. The Morgan fingerprint density at radius 3 is 0.977 bits per heavy atom. The third-order valence-corrected chi connectivity index (χ3v) is 18.8. The molecule has 0 fully saturated rings. The van der Waals surface area contributed by atoms with Gasteiger partial charge >= 0.3 is 5.97 Å². The Balaban J connectivity index is 4.87. The van der Waals surface area contributed by atoms with Crippen molar-refractivity contribution in [3.63, 3.8) is 0 Å². The summed E-state index contributed by atoms with van der Waals surface area (Å²) in [6, 6.07) is -0.883. The number of carbonyl (C=O) groups is 2. The minimum absolute atomic E-state index is 0.0175. The number of allylic oxidation sites excluding steroid dienone is 3. The summed E-state index contributed by atoms with van der Waals surface area (Å²) < 4.78 is 30.5. The summed E-state index contributed by atoms with van der Waals surface area (Å²) in [5.41, 5.74) is 0. The lowest BCUT2D eigenvalue weighted by Crippen LogP contribution is -2.47. The molecule has 0 aromatic heterocycles. The number of quaternary nitrogens is 1. The van der Waals surface area contributed by atoms with Crippen LogP contribution in [0, 0.1) is 0 Å². The Labute approximate surface area is 543 Å². The van der Waals surface area contributed by atoms with Crippen LogP contribution in [0.25, 0.3) is 0 Å². The maximum atomic E-state index is 13.6. The molecule has 9 nitrogen and oxygen atoms in total. The summed E-state index contributed by atoms with van der Waals surface area (Å²) in [7, 11) is 1.21. The molecule has 0 saturated carbocycles. The van der Waals surface area contributed by atoms with Crippen molar-refractivity contribution in [2.75, 3.05) is 40.9 Å². The second-order valence-electron chi connectivity index (χ2n) is 27.9. The Bertz CT molecular complexity index is 1530. The Kier molecular flexibility index (Phi) is 66.2. The number of amides is 1. The number of phosphoric ester groups is 1. The van der Waals surface area contributed by atoms with Crippen LogP contribution in [-0.4, -0.2) is 69.4 Å². The van der Waals surface area contributed by atoms with Gasteiger partial charge in [-0.2, -0.15) is 0 Å². The van der Waals surface area contributed by atoms with E-state index in [1.54, 1.807) is 0 Å². The van der Waals surface area contributed by atoms with E-state index in [0.717, 1.165) is 57.8 Å². The summed E-state index contributed by atoms with van der Waals surface area (Å²) in [5.74, 6) is -0.514. The standard InChI is InChI=1S/C77H151N2O7P/c1-7-10-13-16-19-22-25-27-29-31-33-35-37-38-39-40-42-43-45-47-49-51-54-57-60-63-66-69-76(80)78-74(73-85-87(82,83)84-72-71-79(4,5)6)75(68-65-62-59-56-53-24-21-18-15-12-9-3)86-77(81)70-67-64-61-58-55-52-50-48-46-44-41-36-34-32-30-28-26-23-20-17-14-11-8-2/h27,29,65,68,74-75H,7-26,28,30-64,66-67,69-73H2,1-6H3,(H-,78,80,82,83)/b29-27+,68-65+. The van der Waals surface area contributed by atoms with Gasteiger partial charge in [0, 0.05) is 12.8 Å². The van der Waals surface area contributed by atoms with Crippen molar-refractivity contribution >= 4 is 19.7 Å². The first-order valence-electron chi connectivity index (χ1n) is 38.6. The van der Waals surface area contributed by atoms with Gasteiger partial charge in [-0.3, -0.25) is 14.2 Å². The number of likely N-dealkylation sites (N-methyl/N-ethyl adjacent to an activating group) is 1. The van der Waals surface area contributed by atoms with Crippen LogP contribution in [0.4, 0.5) is 0 Å². The van der Waals surface area contributed by atoms with Crippen molar-refractivity contribution in [1.29, 1.82) is 0 Å². The largest absolute Gasteiger partial charge is 0.756 e. The van der Waals surface area contributed by atoms with Crippen molar-refractivity contribution < 1.29 is 37.3 Å². The Morgan fingerprint density at radius 1 is 0.391 bits per heavy atom. The number of rotatable bonds is 72. The van der Waals surface area contributed by atoms with Gasteiger partial charge in [0.15, 0.2) is 0 Å². The highest BCUT2D eigenvalue weighted by Crippen LogP contribution is 2.38. The van der Waals surface area contributed by atoms with Gasteiger partial charge in [0.05, 0.1) is 33.8 Å². The van der Waals surface area contributed by atoms with Gasteiger partial charge in [-0.15, -0.1) is 0 Å². The molecule has 0 heterocycles. The zero-order chi connectivity index (χ0) is 63.5. The molecule has 0 aromatic rings. The molecular formula is C77H151N2O7P. The molecule has 10 heteroatoms. The van der Waals surface area contributed by atoms with Crippen LogP contribution < -0.4 is 10.2 Å². The number of unbranched alkanes of at least 4 members (excludes halogenated alkanes) is 54. The maximum Gasteiger partial charge on any atom is 0.306 e. The predicted molar refractivity (Wildman–Crippen MR) is 377 cm³/mol. The molecule has 0 aromatic carbocycles. The highest BCUT2D eigenvalue weighted by Gasteiger charge is 2.27. The van der Waals surface area contributed by atoms with Crippen molar-refractivity contribution in [3.05, 3.63) is 24.3 Å². The fourth-order valence-electron chi connectivity index (χ4n) is 11.9. The number of nitrogens with one attached hydrogen (secondary N) is 1. The van der Waals surface area contributed by atoms with Crippen molar-refractivity contribution in [2.24, 2.45) is 0 Å². The first-order chi connectivity index (χ1) is 42.4. The fourth-order valence-corrected chi connectivity index (χ4v) is 12.7. The maximum absolute atomic E-state index is 13.6. The second-order valence-corrected chi connectivity index (χ2v) is 29.3. The van der Waals surface area contributed by atoms with E-state index in [1.165, 1.54) is 315 Å². The average molecular weight is 1250 g/mol. The van der Waals surface area contributed by atoms with E-state index in [4.69, 9.17) is 13.8 Å².